The summed E-state index contributed by atoms with van der Waals surface area (Å²) in [4.78, 5) is 28.2. The first-order chi connectivity index (χ1) is 17.9. The fourth-order valence-electron chi connectivity index (χ4n) is 8.73. The van der Waals surface area contributed by atoms with Crippen LogP contribution in [0, 0.1) is 46.3 Å². The van der Waals surface area contributed by atoms with Crippen LogP contribution in [0.4, 0.5) is 0 Å². The highest BCUT2D eigenvalue weighted by molar-refractivity contribution is 6.26. The number of rotatable bonds is 3. The molecule has 0 aromatic carbocycles. The number of ether oxygens (including phenoxy) is 1. The third-order valence-electron chi connectivity index (χ3n) is 10.8. The van der Waals surface area contributed by atoms with Gasteiger partial charge < -0.3 is 20.1 Å². The smallest absolute Gasteiger partial charge is 0.346 e. The van der Waals surface area contributed by atoms with E-state index in [0.717, 1.165) is 24.8 Å². The SMILES string of the molecule is C[C@H]1CC[C@@H]2[C@H](C=C[C@H]3[C@H](C)/C=C/C[C@]4(C)C=C(CO)[C@H](C[C@@H](C)O)C[C@]45OC(=O)C(=C(O)[C@@]23C)C5=O)C1. The van der Waals surface area contributed by atoms with E-state index in [-0.39, 0.29) is 53.9 Å². The van der Waals surface area contributed by atoms with Gasteiger partial charge in [-0.1, -0.05) is 64.5 Å². The fraction of sp³-hybridized carbons (Fsp3) is 0.688. The monoisotopic (exact) mass is 524 g/mol. The summed E-state index contributed by atoms with van der Waals surface area (Å²) in [6.07, 6.45) is 14.0. The Kier molecular flexibility index (Phi) is 6.83. The van der Waals surface area contributed by atoms with E-state index in [0.29, 0.717) is 18.8 Å². The maximum Gasteiger partial charge on any atom is 0.346 e. The molecule has 0 unspecified atom stereocenters. The summed E-state index contributed by atoms with van der Waals surface area (Å²) in [7, 11) is 0. The van der Waals surface area contributed by atoms with Gasteiger partial charge in [0.2, 0.25) is 5.78 Å². The molecule has 0 radical (unpaired) electrons. The van der Waals surface area contributed by atoms with E-state index in [1.807, 2.05) is 19.9 Å². The van der Waals surface area contributed by atoms with Crippen molar-refractivity contribution in [2.24, 2.45) is 46.3 Å². The molecular weight excluding hydrogens is 480 g/mol. The van der Waals surface area contributed by atoms with Crippen molar-refractivity contribution in [1.29, 1.82) is 0 Å². The van der Waals surface area contributed by atoms with Gasteiger partial charge in [-0.2, -0.15) is 0 Å². The van der Waals surface area contributed by atoms with E-state index in [1.165, 1.54) is 0 Å². The van der Waals surface area contributed by atoms with Gasteiger partial charge in [-0.25, -0.2) is 4.79 Å². The Hall–Kier alpha value is -2.18. The van der Waals surface area contributed by atoms with Crippen molar-refractivity contribution in [2.75, 3.05) is 6.61 Å². The Morgan fingerprint density at radius 3 is 2.55 bits per heavy atom. The van der Waals surface area contributed by atoms with Gasteiger partial charge in [-0.3, -0.25) is 4.79 Å². The molecule has 1 heterocycles. The average molecular weight is 525 g/mol. The van der Waals surface area contributed by atoms with Crippen LogP contribution in [0.25, 0.3) is 0 Å². The molecule has 1 saturated heterocycles. The van der Waals surface area contributed by atoms with Crippen molar-refractivity contribution < 1.29 is 29.6 Å². The van der Waals surface area contributed by atoms with E-state index in [1.54, 1.807) is 6.92 Å². The zero-order valence-corrected chi connectivity index (χ0v) is 23.4. The Labute approximate surface area is 226 Å². The number of fused-ring (bicyclic) bond motifs is 4. The summed E-state index contributed by atoms with van der Waals surface area (Å²) in [5.74, 6) is -0.619. The third-order valence-corrected chi connectivity index (χ3v) is 10.8. The molecule has 6 heteroatoms. The lowest BCUT2D eigenvalue weighted by Gasteiger charge is -2.52. The molecule has 0 amide bonds. The van der Waals surface area contributed by atoms with Crippen molar-refractivity contribution in [1.82, 2.24) is 0 Å². The standard InChI is InChI=1S/C32H44O6/c1-18-8-10-25-21(13-18)9-11-24-19(2)7-6-12-30(4)15-23(17-33)22(14-20(3)34)16-32(30)28(36)26(29(37)38-32)27(35)31(24,25)5/h6-7,9,11,15,18-22,24-25,33-35H,8,10,12-14,16-17H2,1-5H3/b7-6+,27-26?/t18-,19+,20+,21+,22+,24-,25+,30+,31+,32+/m0/s1. The van der Waals surface area contributed by atoms with Crippen LogP contribution < -0.4 is 0 Å². The van der Waals surface area contributed by atoms with Crippen LogP contribution in [0.3, 0.4) is 0 Å². The first-order valence-electron chi connectivity index (χ1n) is 14.4. The lowest BCUT2D eigenvalue weighted by molar-refractivity contribution is -0.166. The van der Waals surface area contributed by atoms with Gasteiger partial charge in [0.15, 0.2) is 5.60 Å². The first-order valence-corrected chi connectivity index (χ1v) is 14.4. The van der Waals surface area contributed by atoms with E-state index in [4.69, 9.17) is 4.74 Å². The minimum Gasteiger partial charge on any atom is -0.511 e. The van der Waals surface area contributed by atoms with Gasteiger partial charge in [-0.05, 0) is 73.7 Å². The molecule has 1 aliphatic heterocycles. The summed E-state index contributed by atoms with van der Waals surface area (Å²) < 4.78 is 6.12. The number of aliphatic hydroxyl groups is 3. The molecule has 1 saturated carbocycles. The zero-order valence-electron chi connectivity index (χ0n) is 23.4. The molecule has 208 valence electrons. The van der Waals surface area contributed by atoms with Gasteiger partial charge in [0.1, 0.15) is 11.3 Å². The predicted octanol–water partition coefficient (Wildman–Crippen LogP) is 5.22. The summed E-state index contributed by atoms with van der Waals surface area (Å²) in [6.45, 7) is 9.86. The van der Waals surface area contributed by atoms with Crippen LogP contribution in [0.2, 0.25) is 0 Å². The highest BCUT2D eigenvalue weighted by Gasteiger charge is 2.66. The molecule has 5 aliphatic rings. The molecule has 10 atom stereocenters. The fourth-order valence-corrected chi connectivity index (χ4v) is 8.73. The Morgan fingerprint density at radius 1 is 1.13 bits per heavy atom. The van der Waals surface area contributed by atoms with E-state index < -0.39 is 34.3 Å². The number of hydrogen-bond donors (Lipinski definition) is 3. The van der Waals surface area contributed by atoms with Crippen LogP contribution in [0.1, 0.15) is 73.1 Å². The topological polar surface area (TPSA) is 104 Å². The number of carbonyl (C=O) groups excluding carboxylic acids is 2. The first kappa shape index (κ1) is 27.4. The minimum absolute atomic E-state index is 0.0717. The molecule has 0 aromatic rings. The van der Waals surface area contributed by atoms with Crippen LogP contribution >= 0.6 is 0 Å². The number of aliphatic hydroxyl groups excluding tert-OH is 3. The van der Waals surface area contributed by atoms with Gasteiger partial charge in [0.25, 0.3) is 0 Å². The molecule has 2 bridgehead atoms. The quantitative estimate of drug-likeness (QED) is 0.266. The summed E-state index contributed by atoms with van der Waals surface area (Å²) in [5.41, 5.74) is -2.62. The Balaban J connectivity index is 1.72. The van der Waals surface area contributed by atoms with E-state index >= 15 is 0 Å². The Morgan fingerprint density at radius 2 is 1.87 bits per heavy atom. The lowest BCUT2D eigenvalue weighted by Crippen LogP contribution is -2.55. The zero-order chi connectivity index (χ0) is 27.6. The highest BCUT2D eigenvalue weighted by Crippen LogP contribution is 2.60. The molecule has 0 aromatic heterocycles. The average Bonchev–Trinajstić information content (AvgIpc) is 3.09. The summed E-state index contributed by atoms with van der Waals surface area (Å²) in [5, 5.41) is 32.5. The van der Waals surface area contributed by atoms with Crippen LogP contribution in [-0.4, -0.2) is 45.4 Å². The number of hydrogen-bond acceptors (Lipinski definition) is 6. The normalized spacial score (nSPS) is 46.2. The summed E-state index contributed by atoms with van der Waals surface area (Å²) >= 11 is 0. The molecule has 5 rings (SSSR count). The van der Waals surface area contributed by atoms with E-state index in [9.17, 15) is 24.9 Å². The second-order valence-electron chi connectivity index (χ2n) is 13.4. The molecular formula is C32H44O6. The number of esters is 1. The van der Waals surface area contributed by atoms with Crippen molar-refractivity contribution in [3.63, 3.8) is 0 Å². The van der Waals surface area contributed by atoms with Gasteiger partial charge in [0.05, 0.1) is 12.7 Å². The molecule has 38 heavy (non-hydrogen) atoms. The van der Waals surface area contributed by atoms with Crippen LogP contribution in [0.15, 0.2) is 47.3 Å². The summed E-state index contributed by atoms with van der Waals surface area (Å²) in [6, 6.07) is 0. The maximum atomic E-state index is 14.5. The number of carbonyl (C=O) groups is 2. The number of Topliss-reactive ketones (excluding diaryl/α,β-unsaturated/α-hetero) is 1. The number of allylic oxidation sites excluding steroid dienone is 5. The molecule has 6 nitrogen and oxygen atoms in total. The Bertz CT molecular complexity index is 1130. The predicted molar refractivity (Wildman–Crippen MR) is 145 cm³/mol. The second-order valence-corrected chi connectivity index (χ2v) is 13.4. The molecule has 4 aliphatic carbocycles. The van der Waals surface area contributed by atoms with Crippen LogP contribution in [0.5, 0.6) is 0 Å². The van der Waals surface area contributed by atoms with Gasteiger partial charge >= 0.3 is 5.97 Å². The molecule has 1 spiro atoms. The van der Waals surface area contributed by atoms with Crippen molar-refractivity contribution >= 4 is 11.8 Å². The van der Waals surface area contributed by atoms with Crippen molar-refractivity contribution in [2.45, 2.75) is 84.8 Å². The highest BCUT2D eigenvalue weighted by atomic mass is 16.6. The van der Waals surface area contributed by atoms with Crippen molar-refractivity contribution in [3.05, 3.63) is 47.3 Å². The second kappa shape index (κ2) is 9.48. The molecule has 2 fully saturated rings. The van der Waals surface area contributed by atoms with E-state index in [2.05, 4.69) is 38.2 Å². The van der Waals surface area contributed by atoms with Crippen LogP contribution in [-0.2, 0) is 14.3 Å². The lowest BCUT2D eigenvalue weighted by atomic mass is 9.52. The van der Waals surface area contributed by atoms with Gasteiger partial charge in [0, 0.05) is 17.3 Å². The van der Waals surface area contributed by atoms with Crippen molar-refractivity contribution in [3.8, 4) is 0 Å². The van der Waals surface area contributed by atoms with Gasteiger partial charge in [-0.15, -0.1) is 0 Å². The number of ketones is 1. The third kappa shape index (κ3) is 3.89. The largest absolute Gasteiger partial charge is 0.511 e. The minimum atomic E-state index is -1.50. The molecule has 3 N–H and O–H groups in total. The maximum absolute atomic E-state index is 14.5.